The van der Waals surface area contributed by atoms with Crippen LogP contribution in [-0.2, 0) is 32.1 Å². The molecular weight excluding hydrogens is 380 g/mol. The van der Waals surface area contributed by atoms with Gasteiger partial charge in [-0.1, -0.05) is 60.7 Å². The number of amides is 2. The fourth-order valence-corrected chi connectivity index (χ4v) is 4.38. The van der Waals surface area contributed by atoms with E-state index in [1.807, 2.05) is 60.7 Å². The van der Waals surface area contributed by atoms with Gasteiger partial charge in [-0.25, -0.2) is 4.79 Å². The molecule has 0 spiro atoms. The Morgan fingerprint density at radius 3 is 2.23 bits per heavy atom. The Kier molecular flexibility index (Phi) is 6.12. The van der Waals surface area contributed by atoms with Crippen LogP contribution in [0, 0.1) is 0 Å². The van der Waals surface area contributed by atoms with Crippen LogP contribution in [0.25, 0.3) is 0 Å². The average molecular weight is 406 g/mol. The van der Waals surface area contributed by atoms with Gasteiger partial charge in [-0.05, 0) is 36.8 Å². The maximum Gasteiger partial charge on any atom is 0.329 e. The third-order valence-corrected chi connectivity index (χ3v) is 5.88. The molecule has 2 heterocycles. The SMILES string of the molecule is O=C(Cc1ccccc1)N[C@H]1CC[C@H]2CC[C@@H](C(=O)OCc3ccccc3)N2C1=O. The van der Waals surface area contributed by atoms with E-state index in [0.29, 0.717) is 12.8 Å². The van der Waals surface area contributed by atoms with Crippen molar-refractivity contribution in [1.29, 1.82) is 0 Å². The van der Waals surface area contributed by atoms with Crippen molar-refractivity contribution in [3.8, 4) is 0 Å². The minimum absolute atomic E-state index is 0.0500. The van der Waals surface area contributed by atoms with E-state index < -0.39 is 12.1 Å². The van der Waals surface area contributed by atoms with Gasteiger partial charge >= 0.3 is 5.97 Å². The minimum atomic E-state index is -0.583. The largest absolute Gasteiger partial charge is 0.459 e. The summed E-state index contributed by atoms with van der Waals surface area (Å²) in [6.45, 7) is 0.195. The first-order valence-corrected chi connectivity index (χ1v) is 10.5. The highest BCUT2D eigenvalue weighted by Crippen LogP contribution is 2.33. The van der Waals surface area contributed by atoms with E-state index in [0.717, 1.165) is 24.0 Å². The summed E-state index contributed by atoms with van der Waals surface area (Å²) < 4.78 is 5.48. The Balaban J connectivity index is 1.36. The normalized spacial score (nSPS) is 23.0. The maximum absolute atomic E-state index is 13.1. The van der Waals surface area contributed by atoms with E-state index in [4.69, 9.17) is 4.74 Å². The Morgan fingerprint density at radius 1 is 0.900 bits per heavy atom. The molecule has 2 amide bonds. The molecule has 4 rings (SSSR count). The minimum Gasteiger partial charge on any atom is -0.459 e. The van der Waals surface area contributed by atoms with Gasteiger partial charge in [0.1, 0.15) is 18.7 Å². The molecule has 0 unspecified atom stereocenters. The number of ether oxygens (including phenoxy) is 1. The third-order valence-electron chi connectivity index (χ3n) is 5.88. The number of fused-ring (bicyclic) bond motifs is 1. The fraction of sp³-hybridized carbons (Fsp3) is 0.375. The van der Waals surface area contributed by atoms with Crippen molar-refractivity contribution in [2.75, 3.05) is 0 Å². The molecule has 3 atom stereocenters. The third kappa shape index (κ3) is 4.53. The second kappa shape index (κ2) is 9.11. The summed E-state index contributed by atoms with van der Waals surface area (Å²) in [5, 5.41) is 2.86. The van der Waals surface area contributed by atoms with Gasteiger partial charge in [-0.2, -0.15) is 0 Å². The van der Waals surface area contributed by atoms with Crippen molar-refractivity contribution >= 4 is 17.8 Å². The molecule has 2 saturated heterocycles. The summed E-state index contributed by atoms with van der Waals surface area (Å²) in [6.07, 6.45) is 3.02. The molecule has 2 aromatic rings. The first kappa shape index (κ1) is 20.1. The number of rotatable bonds is 6. The molecule has 0 saturated carbocycles. The lowest BCUT2D eigenvalue weighted by Crippen LogP contribution is -2.57. The number of hydrogen-bond donors (Lipinski definition) is 1. The Morgan fingerprint density at radius 2 is 1.53 bits per heavy atom. The zero-order valence-electron chi connectivity index (χ0n) is 16.8. The molecule has 6 heteroatoms. The van der Waals surface area contributed by atoms with Crippen molar-refractivity contribution in [2.24, 2.45) is 0 Å². The van der Waals surface area contributed by atoms with E-state index >= 15 is 0 Å². The summed E-state index contributed by atoms with van der Waals surface area (Å²) in [4.78, 5) is 39.8. The van der Waals surface area contributed by atoms with E-state index in [1.54, 1.807) is 4.90 Å². The van der Waals surface area contributed by atoms with Crippen LogP contribution in [0.5, 0.6) is 0 Å². The fourth-order valence-electron chi connectivity index (χ4n) is 4.38. The molecule has 156 valence electrons. The Labute approximate surface area is 176 Å². The smallest absolute Gasteiger partial charge is 0.329 e. The number of carbonyl (C=O) groups is 3. The first-order valence-electron chi connectivity index (χ1n) is 10.5. The van der Waals surface area contributed by atoms with Crippen LogP contribution in [-0.4, -0.2) is 40.8 Å². The predicted molar refractivity (Wildman–Crippen MR) is 111 cm³/mol. The number of piperidine rings is 1. The van der Waals surface area contributed by atoms with Crippen molar-refractivity contribution in [1.82, 2.24) is 10.2 Å². The zero-order valence-corrected chi connectivity index (χ0v) is 16.8. The predicted octanol–water partition coefficient (Wildman–Crippen LogP) is 2.61. The standard InChI is InChI=1S/C24H26N2O4/c27-22(15-17-7-3-1-4-8-17)25-20-13-11-19-12-14-21(26(19)23(20)28)24(29)30-16-18-9-5-2-6-10-18/h1-10,19-21H,11-16H2,(H,25,27)/t19-,20-,21-/m0/s1. The number of nitrogens with one attached hydrogen (secondary N) is 1. The number of hydrogen-bond acceptors (Lipinski definition) is 4. The molecule has 2 aliphatic rings. The lowest BCUT2D eigenvalue weighted by molar-refractivity contribution is -0.158. The molecule has 2 fully saturated rings. The number of benzene rings is 2. The second-order valence-corrected chi connectivity index (χ2v) is 7.95. The molecule has 0 aliphatic carbocycles. The Bertz CT molecular complexity index is 900. The van der Waals surface area contributed by atoms with Gasteiger partial charge < -0.3 is 15.0 Å². The van der Waals surface area contributed by atoms with Crippen LogP contribution in [0.3, 0.4) is 0 Å². The van der Waals surface area contributed by atoms with Crippen LogP contribution >= 0.6 is 0 Å². The highest BCUT2D eigenvalue weighted by Gasteiger charge is 2.46. The van der Waals surface area contributed by atoms with Crippen molar-refractivity contribution in [3.05, 3.63) is 71.8 Å². The summed E-state index contributed by atoms with van der Waals surface area (Å²) in [7, 11) is 0. The molecular formula is C24H26N2O4. The van der Waals surface area contributed by atoms with Crippen molar-refractivity contribution in [2.45, 2.75) is 56.8 Å². The number of nitrogens with zero attached hydrogens (tertiary/aromatic N) is 1. The number of esters is 1. The quantitative estimate of drug-likeness (QED) is 0.749. The van der Waals surface area contributed by atoms with Crippen molar-refractivity contribution in [3.63, 3.8) is 0 Å². The molecule has 2 aliphatic heterocycles. The Hall–Kier alpha value is -3.15. The topological polar surface area (TPSA) is 75.7 Å². The van der Waals surface area contributed by atoms with Gasteiger partial charge in [0.25, 0.3) is 0 Å². The highest BCUT2D eigenvalue weighted by molar-refractivity contribution is 5.92. The van der Waals surface area contributed by atoms with Gasteiger partial charge in [0.2, 0.25) is 11.8 Å². The van der Waals surface area contributed by atoms with Gasteiger partial charge in [0.15, 0.2) is 0 Å². The van der Waals surface area contributed by atoms with Gasteiger partial charge in [0.05, 0.1) is 6.42 Å². The molecule has 0 bridgehead atoms. The van der Waals surface area contributed by atoms with Crippen LogP contribution < -0.4 is 5.32 Å². The van der Waals surface area contributed by atoms with Gasteiger partial charge in [0, 0.05) is 6.04 Å². The van der Waals surface area contributed by atoms with E-state index in [1.165, 1.54) is 0 Å². The van der Waals surface area contributed by atoms with Gasteiger partial charge in [-0.3, -0.25) is 9.59 Å². The highest BCUT2D eigenvalue weighted by atomic mass is 16.5. The van der Waals surface area contributed by atoms with E-state index in [9.17, 15) is 14.4 Å². The summed E-state index contributed by atoms with van der Waals surface area (Å²) in [5.74, 6) is -0.724. The molecule has 2 aromatic carbocycles. The molecule has 0 aromatic heterocycles. The van der Waals surface area contributed by atoms with Crippen LogP contribution in [0.1, 0.15) is 36.8 Å². The second-order valence-electron chi connectivity index (χ2n) is 7.95. The zero-order chi connectivity index (χ0) is 20.9. The van der Waals surface area contributed by atoms with E-state index in [-0.39, 0.29) is 36.9 Å². The summed E-state index contributed by atoms with van der Waals surface area (Å²) in [6, 6.07) is 17.8. The van der Waals surface area contributed by atoms with Crippen molar-refractivity contribution < 1.29 is 19.1 Å². The summed E-state index contributed by atoms with van der Waals surface area (Å²) in [5.41, 5.74) is 1.82. The van der Waals surface area contributed by atoms with E-state index in [2.05, 4.69) is 5.32 Å². The maximum atomic E-state index is 13.1. The average Bonchev–Trinajstić information content (AvgIpc) is 3.20. The lowest BCUT2D eigenvalue weighted by atomic mass is 9.97. The van der Waals surface area contributed by atoms with Crippen LogP contribution in [0.2, 0.25) is 0 Å². The molecule has 6 nitrogen and oxygen atoms in total. The first-order chi connectivity index (χ1) is 14.6. The molecule has 30 heavy (non-hydrogen) atoms. The lowest BCUT2D eigenvalue weighted by Gasteiger charge is -2.37. The van der Waals surface area contributed by atoms with Crippen LogP contribution in [0.4, 0.5) is 0 Å². The van der Waals surface area contributed by atoms with Gasteiger partial charge in [-0.15, -0.1) is 0 Å². The monoisotopic (exact) mass is 406 g/mol. The van der Waals surface area contributed by atoms with Crippen LogP contribution in [0.15, 0.2) is 60.7 Å². The summed E-state index contributed by atoms with van der Waals surface area (Å²) >= 11 is 0. The molecule has 1 N–H and O–H groups in total. The number of carbonyl (C=O) groups excluding carboxylic acids is 3. The molecule has 0 radical (unpaired) electrons.